The quantitative estimate of drug-likeness (QED) is 0.537. The number of anilines is 1. The van der Waals surface area contributed by atoms with Crippen LogP contribution in [0, 0.1) is 12.3 Å². The summed E-state index contributed by atoms with van der Waals surface area (Å²) in [5, 5.41) is 9.06. The molecular formula is C13H16N2O4S. The standard InChI is InChI=1S/C13H16N2O4S/c1-3-5-10(4-2)15-20(18,19)12-7-6-9(14)8-11(12)13(16)17/h2,6-8,10,15H,3,5,14H2,1H3,(H,16,17). The minimum Gasteiger partial charge on any atom is -0.478 e. The predicted octanol–water partition coefficient (Wildman–Crippen LogP) is 1.05. The molecule has 0 heterocycles. The Hall–Kier alpha value is -2.04. The molecule has 0 spiro atoms. The van der Waals surface area contributed by atoms with Crippen LogP contribution in [0.15, 0.2) is 23.1 Å². The average molecular weight is 296 g/mol. The maximum Gasteiger partial charge on any atom is 0.337 e. The van der Waals surface area contributed by atoms with Gasteiger partial charge >= 0.3 is 5.97 Å². The molecule has 7 heteroatoms. The molecule has 1 aromatic carbocycles. The summed E-state index contributed by atoms with van der Waals surface area (Å²) in [5.41, 5.74) is 5.26. The fraction of sp³-hybridized carbons (Fsp3) is 0.308. The fourth-order valence-electron chi connectivity index (χ4n) is 1.66. The average Bonchev–Trinajstić information content (AvgIpc) is 2.37. The second-order valence-electron chi connectivity index (χ2n) is 4.19. The van der Waals surface area contributed by atoms with Gasteiger partial charge in [-0.3, -0.25) is 0 Å². The van der Waals surface area contributed by atoms with Crippen molar-refractivity contribution in [1.29, 1.82) is 0 Å². The fourth-order valence-corrected chi connectivity index (χ4v) is 3.04. The Morgan fingerprint density at radius 3 is 2.70 bits per heavy atom. The molecule has 4 N–H and O–H groups in total. The van der Waals surface area contributed by atoms with Crippen molar-refractivity contribution in [2.24, 2.45) is 0 Å². The van der Waals surface area contributed by atoms with E-state index >= 15 is 0 Å². The van der Waals surface area contributed by atoms with Crippen LogP contribution >= 0.6 is 0 Å². The summed E-state index contributed by atoms with van der Waals surface area (Å²) >= 11 is 0. The molecule has 20 heavy (non-hydrogen) atoms. The molecule has 0 aliphatic carbocycles. The number of hydrogen-bond acceptors (Lipinski definition) is 4. The summed E-state index contributed by atoms with van der Waals surface area (Å²) in [5.74, 6) is 0.957. The topological polar surface area (TPSA) is 109 Å². The van der Waals surface area contributed by atoms with Gasteiger partial charge in [-0.2, -0.15) is 4.72 Å². The Bertz CT molecular complexity index is 647. The number of nitrogens with two attached hydrogens (primary N) is 1. The number of carboxylic acid groups (broad SMARTS) is 1. The number of rotatable bonds is 6. The highest BCUT2D eigenvalue weighted by Gasteiger charge is 2.24. The molecule has 1 rings (SSSR count). The van der Waals surface area contributed by atoms with Crippen molar-refractivity contribution >= 4 is 21.7 Å². The summed E-state index contributed by atoms with van der Waals surface area (Å²) in [4.78, 5) is 10.8. The monoisotopic (exact) mass is 296 g/mol. The minimum atomic E-state index is -4.02. The summed E-state index contributed by atoms with van der Waals surface area (Å²) in [6.07, 6.45) is 6.42. The normalized spacial score (nSPS) is 12.6. The van der Waals surface area contributed by atoms with Crippen LogP contribution in [0.5, 0.6) is 0 Å². The molecule has 0 fully saturated rings. The molecule has 0 saturated heterocycles. The molecular weight excluding hydrogens is 280 g/mol. The van der Waals surface area contributed by atoms with E-state index in [2.05, 4.69) is 10.6 Å². The van der Waals surface area contributed by atoms with Gasteiger partial charge < -0.3 is 10.8 Å². The van der Waals surface area contributed by atoms with Crippen molar-refractivity contribution in [3.8, 4) is 12.3 Å². The first kappa shape index (κ1) is 16.0. The zero-order valence-corrected chi connectivity index (χ0v) is 11.8. The lowest BCUT2D eigenvalue weighted by Crippen LogP contribution is -2.34. The first-order chi connectivity index (χ1) is 9.31. The Labute approximate surface area is 118 Å². The van der Waals surface area contributed by atoms with E-state index in [1.165, 1.54) is 6.07 Å². The number of sulfonamides is 1. The molecule has 0 aromatic heterocycles. The Morgan fingerprint density at radius 2 is 2.20 bits per heavy atom. The van der Waals surface area contributed by atoms with Crippen LogP contribution in [0.25, 0.3) is 0 Å². The maximum absolute atomic E-state index is 12.2. The third-order valence-corrected chi connectivity index (χ3v) is 4.13. The molecule has 0 amide bonds. The van der Waals surface area contributed by atoms with Crippen LogP contribution < -0.4 is 10.5 Å². The second-order valence-corrected chi connectivity index (χ2v) is 5.87. The van der Waals surface area contributed by atoms with E-state index in [0.29, 0.717) is 12.8 Å². The van der Waals surface area contributed by atoms with E-state index in [-0.39, 0.29) is 16.1 Å². The van der Waals surface area contributed by atoms with Gasteiger partial charge in [-0.05, 0) is 24.6 Å². The van der Waals surface area contributed by atoms with E-state index in [9.17, 15) is 13.2 Å². The van der Waals surface area contributed by atoms with Crippen molar-refractivity contribution < 1.29 is 18.3 Å². The summed E-state index contributed by atoms with van der Waals surface area (Å²) in [6, 6.07) is 2.90. The number of benzene rings is 1. The molecule has 108 valence electrons. The number of carbonyl (C=O) groups is 1. The van der Waals surface area contributed by atoms with Crippen molar-refractivity contribution in [1.82, 2.24) is 4.72 Å². The zero-order valence-electron chi connectivity index (χ0n) is 11.0. The van der Waals surface area contributed by atoms with Gasteiger partial charge in [0.2, 0.25) is 10.0 Å². The second kappa shape index (κ2) is 6.41. The summed E-state index contributed by atoms with van der Waals surface area (Å²) in [6.45, 7) is 1.87. The van der Waals surface area contributed by atoms with Crippen molar-refractivity contribution in [2.75, 3.05) is 5.73 Å². The van der Waals surface area contributed by atoms with Gasteiger partial charge in [-0.15, -0.1) is 6.42 Å². The number of hydrogen-bond donors (Lipinski definition) is 3. The van der Waals surface area contributed by atoms with Gasteiger partial charge in [0, 0.05) is 5.69 Å². The smallest absolute Gasteiger partial charge is 0.337 e. The number of nitrogen functional groups attached to an aromatic ring is 1. The van der Waals surface area contributed by atoms with Crippen LogP contribution in [0.4, 0.5) is 5.69 Å². The molecule has 0 radical (unpaired) electrons. The largest absolute Gasteiger partial charge is 0.478 e. The first-order valence-corrected chi connectivity index (χ1v) is 7.41. The maximum atomic E-state index is 12.2. The van der Waals surface area contributed by atoms with Gasteiger partial charge in [0.05, 0.1) is 16.5 Å². The Balaban J connectivity index is 3.23. The van der Waals surface area contributed by atoms with Crippen molar-refractivity contribution in [2.45, 2.75) is 30.7 Å². The van der Waals surface area contributed by atoms with E-state index in [0.717, 1.165) is 12.1 Å². The third-order valence-electron chi connectivity index (χ3n) is 2.60. The number of terminal acetylenes is 1. The van der Waals surface area contributed by atoms with Gasteiger partial charge in [0.1, 0.15) is 0 Å². The first-order valence-electron chi connectivity index (χ1n) is 5.93. The lowest BCUT2D eigenvalue weighted by molar-refractivity contribution is 0.0692. The molecule has 0 aliphatic rings. The van der Waals surface area contributed by atoms with Crippen LogP contribution in [-0.2, 0) is 10.0 Å². The van der Waals surface area contributed by atoms with Crippen LogP contribution in [0.3, 0.4) is 0 Å². The predicted molar refractivity (Wildman–Crippen MR) is 75.7 cm³/mol. The molecule has 0 aliphatic heterocycles. The third kappa shape index (κ3) is 3.73. The van der Waals surface area contributed by atoms with Gasteiger partial charge in [-0.1, -0.05) is 19.3 Å². The number of aromatic carboxylic acids is 1. The molecule has 0 bridgehead atoms. The summed E-state index contributed by atoms with van der Waals surface area (Å²) in [7, 11) is -4.02. The Kier molecular flexibility index (Phi) is 5.13. The highest BCUT2D eigenvalue weighted by atomic mass is 32.2. The van der Waals surface area contributed by atoms with Crippen LogP contribution in [-0.4, -0.2) is 25.5 Å². The van der Waals surface area contributed by atoms with E-state index in [1.54, 1.807) is 0 Å². The van der Waals surface area contributed by atoms with Gasteiger partial charge in [0.15, 0.2) is 0 Å². The number of carboxylic acids is 1. The van der Waals surface area contributed by atoms with Crippen LogP contribution in [0.1, 0.15) is 30.1 Å². The van der Waals surface area contributed by atoms with Crippen molar-refractivity contribution in [3.63, 3.8) is 0 Å². The van der Waals surface area contributed by atoms with E-state index < -0.39 is 22.0 Å². The molecule has 1 unspecified atom stereocenters. The lowest BCUT2D eigenvalue weighted by Gasteiger charge is -2.14. The molecule has 1 atom stereocenters. The zero-order chi connectivity index (χ0) is 15.3. The Morgan fingerprint density at radius 1 is 1.55 bits per heavy atom. The number of nitrogens with one attached hydrogen (secondary N) is 1. The van der Waals surface area contributed by atoms with Crippen LogP contribution in [0.2, 0.25) is 0 Å². The summed E-state index contributed by atoms with van der Waals surface area (Å²) < 4.78 is 26.7. The van der Waals surface area contributed by atoms with Gasteiger partial charge in [-0.25, -0.2) is 13.2 Å². The highest BCUT2D eigenvalue weighted by molar-refractivity contribution is 7.89. The van der Waals surface area contributed by atoms with E-state index in [1.807, 2.05) is 6.92 Å². The minimum absolute atomic E-state index is 0.170. The highest BCUT2D eigenvalue weighted by Crippen LogP contribution is 2.19. The lowest BCUT2D eigenvalue weighted by atomic mass is 10.2. The molecule has 6 nitrogen and oxygen atoms in total. The van der Waals surface area contributed by atoms with E-state index in [4.69, 9.17) is 17.3 Å². The SMILES string of the molecule is C#CC(CCC)NS(=O)(=O)c1ccc(N)cc1C(=O)O. The molecule has 0 saturated carbocycles. The van der Waals surface area contributed by atoms with Gasteiger partial charge in [0.25, 0.3) is 0 Å². The van der Waals surface area contributed by atoms with Crippen molar-refractivity contribution in [3.05, 3.63) is 23.8 Å². The molecule has 1 aromatic rings.